The minimum absolute atomic E-state index is 0.196. The predicted molar refractivity (Wildman–Crippen MR) is 68.4 cm³/mol. The summed E-state index contributed by atoms with van der Waals surface area (Å²) in [6.45, 7) is 0.196. The summed E-state index contributed by atoms with van der Waals surface area (Å²) in [6.07, 6.45) is 0. The molecule has 0 amide bonds. The fourth-order valence-corrected chi connectivity index (χ4v) is 1.67. The van der Waals surface area contributed by atoms with Crippen molar-refractivity contribution >= 4 is 0 Å². The van der Waals surface area contributed by atoms with Gasteiger partial charge < -0.3 is 10.5 Å². The minimum atomic E-state index is -0.446. The first-order valence-corrected chi connectivity index (χ1v) is 5.73. The molecule has 0 saturated heterocycles. The summed E-state index contributed by atoms with van der Waals surface area (Å²) < 4.78 is 19.0. The number of benzene rings is 1. The van der Waals surface area contributed by atoms with Gasteiger partial charge in [0.05, 0.1) is 13.7 Å². The molecule has 100 valence electrons. The van der Waals surface area contributed by atoms with Gasteiger partial charge >= 0.3 is 0 Å². The lowest BCUT2D eigenvalue weighted by Crippen LogP contribution is -2.28. The molecule has 0 bridgehead atoms. The minimum Gasteiger partial charge on any atom is -0.480 e. The Kier molecular flexibility index (Phi) is 3.91. The van der Waals surface area contributed by atoms with Crippen molar-refractivity contribution in [2.75, 3.05) is 7.11 Å². The molecule has 2 rings (SSSR count). The Labute approximate surface area is 109 Å². The van der Waals surface area contributed by atoms with Crippen LogP contribution >= 0.6 is 0 Å². The summed E-state index contributed by atoms with van der Waals surface area (Å²) in [6, 6.07) is 8.24. The van der Waals surface area contributed by atoms with Gasteiger partial charge in [0.2, 0.25) is 5.88 Å². The molecular formula is C13H14FN3O2. The van der Waals surface area contributed by atoms with Crippen LogP contribution in [0.2, 0.25) is 0 Å². The molecular weight excluding hydrogens is 249 g/mol. The van der Waals surface area contributed by atoms with Crippen molar-refractivity contribution < 1.29 is 9.13 Å². The molecule has 1 heterocycles. The van der Waals surface area contributed by atoms with E-state index in [4.69, 9.17) is 10.5 Å². The van der Waals surface area contributed by atoms with Gasteiger partial charge in [0.1, 0.15) is 5.82 Å². The van der Waals surface area contributed by atoms with Crippen LogP contribution in [0.1, 0.15) is 11.6 Å². The molecule has 0 aliphatic rings. The molecule has 0 radical (unpaired) electrons. The van der Waals surface area contributed by atoms with Crippen LogP contribution in [-0.4, -0.2) is 16.9 Å². The highest BCUT2D eigenvalue weighted by molar-refractivity contribution is 5.19. The first kappa shape index (κ1) is 13.2. The van der Waals surface area contributed by atoms with Crippen LogP contribution in [0.4, 0.5) is 4.39 Å². The van der Waals surface area contributed by atoms with Gasteiger partial charge in [-0.3, -0.25) is 4.79 Å². The van der Waals surface area contributed by atoms with E-state index in [1.807, 2.05) is 0 Å². The zero-order chi connectivity index (χ0) is 13.8. The second-order valence-corrected chi connectivity index (χ2v) is 4.05. The quantitative estimate of drug-likeness (QED) is 0.896. The van der Waals surface area contributed by atoms with Crippen LogP contribution < -0.4 is 16.0 Å². The number of hydrogen-bond acceptors (Lipinski definition) is 4. The molecule has 0 aliphatic heterocycles. The number of halogens is 1. The third-order valence-corrected chi connectivity index (χ3v) is 2.72. The highest BCUT2D eigenvalue weighted by Crippen LogP contribution is 2.12. The zero-order valence-electron chi connectivity index (χ0n) is 10.4. The van der Waals surface area contributed by atoms with E-state index < -0.39 is 6.04 Å². The Balaban J connectivity index is 2.20. The molecule has 2 aromatic rings. The Morgan fingerprint density at radius 1 is 1.32 bits per heavy atom. The number of hydrogen-bond donors (Lipinski definition) is 1. The summed E-state index contributed by atoms with van der Waals surface area (Å²) in [5.41, 5.74) is 6.44. The number of nitrogens with zero attached hydrogens (tertiary/aromatic N) is 2. The number of rotatable bonds is 4. The Bertz CT molecular complexity index is 610. The largest absolute Gasteiger partial charge is 0.480 e. The van der Waals surface area contributed by atoms with Crippen molar-refractivity contribution in [3.05, 3.63) is 58.1 Å². The van der Waals surface area contributed by atoms with Crippen molar-refractivity contribution in [2.24, 2.45) is 5.73 Å². The molecule has 1 aromatic carbocycles. The average Bonchev–Trinajstić information content (AvgIpc) is 2.42. The highest BCUT2D eigenvalue weighted by Gasteiger charge is 2.09. The van der Waals surface area contributed by atoms with Crippen molar-refractivity contribution in [1.29, 1.82) is 0 Å². The van der Waals surface area contributed by atoms with Gasteiger partial charge in [-0.1, -0.05) is 12.1 Å². The maximum absolute atomic E-state index is 12.8. The van der Waals surface area contributed by atoms with Crippen LogP contribution in [0, 0.1) is 5.82 Å². The summed E-state index contributed by atoms with van der Waals surface area (Å²) in [5, 5.41) is 4.00. The van der Waals surface area contributed by atoms with Crippen molar-refractivity contribution in [3.8, 4) is 5.88 Å². The van der Waals surface area contributed by atoms with Gasteiger partial charge in [-0.15, -0.1) is 5.10 Å². The predicted octanol–water partition coefficient (Wildman–Crippen LogP) is 1.09. The van der Waals surface area contributed by atoms with E-state index >= 15 is 0 Å². The molecule has 19 heavy (non-hydrogen) atoms. The summed E-state index contributed by atoms with van der Waals surface area (Å²) >= 11 is 0. The van der Waals surface area contributed by atoms with Crippen LogP contribution in [0.3, 0.4) is 0 Å². The number of methoxy groups -OCH3 is 1. The lowest BCUT2D eigenvalue weighted by Gasteiger charge is -2.13. The molecule has 1 atom stereocenters. The second kappa shape index (κ2) is 5.62. The molecule has 2 N–H and O–H groups in total. The van der Waals surface area contributed by atoms with Crippen LogP contribution in [0.15, 0.2) is 41.2 Å². The monoisotopic (exact) mass is 263 g/mol. The highest BCUT2D eigenvalue weighted by atomic mass is 19.1. The standard InChI is InChI=1S/C13H14FN3O2/c1-19-12-6-7-13(18)17(16-12)8-11(15)9-2-4-10(14)5-3-9/h2-7,11H,8,15H2,1H3. The lowest BCUT2D eigenvalue weighted by molar-refractivity contribution is 0.370. The lowest BCUT2D eigenvalue weighted by atomic mass is 10.1. The van der Waals surface area contributed by atoms with Gasteiger partial charge in [-0.25, -0.2) is 9.07 Å². The maximum atomic E-state index is 12.8. The molecule has 1 aromatic heterocycles. The van der Waals surface area contributed by atoms with Gasteiger partial charge in [0.25, 0.3) is 5.56 Å². The first-order valence-electron chi connectivity index (χ1n) is 5.73. The maximum Gasteiger partial charge on any atom is 0.267 e. The Morgan fingerprint density at radius 2 is 2.00 bits per heavy atom. The van der Waals surface area contributed by atoms with Crippen molar-refractivity contribution in [3.63, 3.8) is 0 Å². The number of aromatic nitrogens is 2. The Morgan fingerprint density at radius 3 is 2.63 bits per heavy atom. The van der Waals surface area contributed by atoms with Crippen molar-refractivity contribution in [2.45, 2.75) is 12.6 Å². The van der Waals surface area contributed by atoms with E-state index in [2.05, 4.69) is 5.10 Å². The van der Waals surface area contributed by atoms with Crippen LogP contribution in [0.5, 0.6) is 5.88 Å². The molecule has 5 nitrogen and oxygen atoms in total. The third-order valence-electron chi connectivity index (χ3n) is 2.72. The summed E-state index contributed by atoms with van der Waals surface area (Å²) in [5.74, 6) is 0.0125. The molecule has 0 aliphatic carbocycles. The van der Waals surface area contributed by atoms with E-state index in [0.717, 1.165) is 5.56 Å². The van der Waals surface area contributed by atoms with Crippen molar-refractivity contribution in [1.82, 2.24) is 9.78 Å². The molecule has 0 fully saturated rings. The molecule has 1 unspecified atom stereocenters. The van der Waals surface area contributed by atoms with Gasteiger partial charge in [0.15, 0.2) is 0 Å². The number of ether oxygens (including phenoxy) is 1. The number of nitrogens with two attached hydrogens (primary N) is 1. The molecule has 0 saturated carbocycles. The molecule has 0 spiro atoms. The van der Waals surface area contributed by atoms with Gasteiger partial charge in [0, 0.05) is 18.2 Å². The van der Waals surface area contributed by atoms with E-state index in [1.54, 1.807) is 12.1 Å². The van der Waals surface area contributed by atoms with E-state index in [1.165, 1.54) is 36.1 Å². The topological polar surface area (TPSA) is 70.1 Å². The SMILES string of the molecule is COc1ccc(=O)n(CC(N)c2ccc(F)cc2)n1. The van der Waals surface area contributed by atoms with Crippen LogP contribution in [0.25, 0.3) is 0 Å². The van der Waals surface area contributed by atoms with Gasteiger partial charge in [-0.05, 0) is 17.7 Å². The fraction of sp³-hybridized carbons (Fsp3) is 0.231. The fourth-order valence-electron chi connectivity index (χ4n) is 1.67. The van der Waals surface area contributed by atoms with E-state index in [-0.39, 0.29) is 17.9 Å². The average molecular weight is 263 g/mol. The first-order chi connectivity index (χ1) is 9.10. The normalized spacial score (nSPS) is 12.2. The second-order valence-electron chi connectivity index (χ2n) is 4.05. The summed E-state index contributed by atoms with van der Waals surface area (Å²) in [4.78, 5) is 11.6. The molecule has 6 heteroatoms. The third kappa shape index (κ3) is 3.17. The van der Waals surface area contributed by atoms with Gasteiger partial charge in [-0.2, -0.15) is 0 Å². The Hall–Kier alpha value is -2.21. The van der Waals surface area contributed by atoms with Crippen LogP contribution in [-0.2, 0) is 6.54 Å². The van der Waals surface area contributed by atoms with E-state index in [0.29, 0.717) is 5.88 Å². The summed E-state index contributed by atoms with van der Waals surface area (Å²) in [7, 11) is 1.47. The van der Waals surface area contributed by atoms with E-state index in [9.17, 15) is 9.18 Å². The zero-order valence-corrected chi connectivity index (χ0v) is 10.4. The smallest absolute Gasteiger partial charge is 0.267 e.